The van der Waals surface area contributed by atoms with Crippen LogP contribution in [0.25, 0.3) is 0 Å². The van der Waals surface area contributed by atoms with Crippen molar-refractivity contribution in [2.45, 2.75) is 62.6 Å². The number of amides is 1. The van der Waals surface area contributed by atoms with Crippen LogP contribution in [0, 0.1) is 0 Å². The molecule has 0 saturated carbocycles. The van der Waals surface area contributed by atoms with Crippen LogP contribution in [-0.2, 0) is 17.1 Å². The summed E-state index contributed by atoms with van der Waals surface area (Å²) in [5, 5.41) is 2.55. The topological polar surface area (TPSA) is 74.7 Å². The quantitative estimate of drug-likeness (QED) is 0.854. The van der Waals surface area contributed by atoms with Crippen LogP contribution in [0.15, 0.2) is 17.2 Å². The predicted molar refractivity (Wildman–Crippen MR) is 101 cm³/mol. The zero-order chi connectivity index (χ0) is 19.1. The molecule has 0 aromatic carbocycles. The van der Waals surface area contributed by atoms with Gasteiger partial charge in [0.25, 0.3) is 5.91 Å². The first-order valence-corrected chi connectivity index (χ1v) is 10.9. The average Bonchev–Trinajstić information content (AvgIpc) is 3.17. The molecule has 3 atom stereocenters. The van der Waals surface area contributed by atoms with Gasteiger partial charge in [-0.2, -0.15) is 4.31 Å². The second-order valence-corrected chi connectivity index (χ2v) is 9.57. The third-order valence-corrected chi connectivity index (χ3v) is 7.71. The van der Waals surface area contributed by atoms with Gasteiger partial charge in [0.15, 0.2) is 0 Å². The van der Waals surface area contributed by atoms with Crippen molar-refractivity contribution in [2.75, 3.05) is 20.1 Å². The standard InChI is InChI=1S/C18H30N4O3S/c1-13-7-8-14(2)22(13)15-6-5-9-21(11-15)26(24,25)16-10-17(18(23)19-3)20(4)12-16/h10,12-15H,5-9,11H2,1-4H3,(H,19,23). The summed E-state index contributed by atoms with van der Waals surface area (Å²) in [6.07, 6.45) is 5.80. The highest BCUT2D eigenvalue weighted by Gasteiger charge is 2.38. The van der Waals surface area contributed by atoms with Gasteiger partial charge in [-0.1, -0.05) is 0 Å². The van der Waals surface area contributed by atoms with Crippen molar-refractivity contribution >= 4 is 15.9 Å². The molecule has 2 saturated heterocycles. The van der Waals surface area contributed by atoms with Gasteiger partial charge in [0, 0.05) is 51.5 Å². The Hall–Kier alpha value is -1.38. The SMILES string of the molecule is CNC(=O)c1cc(S(=O)(=O)N2CCCC(N3C(C)CCC3C)C2)cn1C. The molecule has 146 valence electrons. The lowest BCUT2D eigenvalue weighted by molar-refractivity contribution is 0.0954. The van der Waals surface area contributed by atoms with Crippen molar-refractivity contribution in [1.82, 2.24) is 19.1 Å². The number of hydrogen-bond acceptors (Lipinski definition) is 4. The number of hydrogen-bond donors (Lipinski definition) is 1. The zero-order valence-corrected chi connectivity index (χ0v) is 16.9. The van der Waals surface area contributed by atoms with Crippen molar-refractivity contribution in [1.29, 1.82) is 0 Å². The number of carbonyl (C=O) groups excluding carboxylic acids is 1. The minimum Gasteiger partial charge on any atom is -0.354 e. The molecule has 26 heavy (non-hydrogen) atoms. The molecule has 0 bridgehead atoms. The molecule has 0 spiro atoms. The van der Waals surface area contributed by atoms with Crippen LogP contribution in [0.3, 0.4) is 0 Å². The number of rotatable bonds is 4. The van der Waals surface area contributed by atoms with Gasteiger partial charge in [0.1, 0.15) is 10.6 Å². The minimum absolute atomic E-state index is 0.196. The Morgan fingerprint density at radius 1 is 1.19 bits per heavy atom. The number of carbonyl (C=O) groups is 1. The van der Waals surface area contributed by atoms with Crippen molar-refractivity contribution in [3.8, 4) is 0 Å². The number of likely N-dealkylation sites (tertiary alicyclic amines) is 1. The number of nitrogens with zero attached hydrogens (tertiary/aromatic N) is 3. The number of aromatic nitrogens is 1. The molecule has 1 N–H and O–H groups in total. The van der Waals surface area contributed by atoms with E-state index >= 15 is 0 Å². The maximum Gasteiger partial charge on any atom is 0.267 e. The predicted octanol–water partition coefficient (Wildman–Crippen LogP) is 1.41. The molecule has 2 aliphatic rings. The molecule has 7 nitrogen and oxygen atoms in total. The van der Waals surface area contributed by atoms with Gasteiger partial charge >= 0.3 is 0 Å². The van der Waals surface area contributed by atoms with Gasteiger partial charge in [-0.15, -0.1) is 0 Å². The van der Waals surface area contributed by atoms with Crippen molar-refractivity contribution in [3.63, 3.8) is 0 Å². The third kappa shape index (κ3) is 3.42. The van der Waals surface area contributed by atoms with Crippen LogP contribution in [-0.4, -0.2) is 66.4 Å². The molecule has 8 heteroatoms. The first-order chi connectivity index (χ1) is 12.3. The Morgan fingerprint density at radius 3 is 2.46 bits per heavy atom. The fourth-order valence-electron chi connectivity index (χ4n) is 4.50. The number of sulfonamides is 1. The van der Waals surface area contributed by atoms with Gasteiger partial charge in [-0.3, -0.25) is 9.69 Å². The second-order valence-electron chi connectivity index (χ2n) is 7.63. The largest absolute Gasteiger partial charge is 0.354 e. The van der Waals surface area contributed by atoms with Gasteiger partial charge < -0.3 is 9.88 Å². The smallest absolute Gasteiger partial charge is 0.267 e. The van der Waals surface area contributed by atoms with E-state index in [1.54, 1.807) is 15.9 Å². The van der Waals surface area contributed by atoms with E-state index in [4.69, 9.17) is 0 Å². The third-order valence-electron chi connectivity index (χ3n) is 5.88. The van der Waals surface area contributed by atoms with E-state index in [9.17, 15) is 13.2 Å². The lowest BCUT2D eigenvalue weighted by atomic mass is 10.0. The molecule has 3 rings (SSSR count). The van der Waals surface area contributed by atoms with Gasteiger partial charge in [0.2, 0.25) is 10.0 Å². The lowest BCUT2D eigenvalue weighted by Crippen LogP contribution is -2.52. The molecule has 1 aromatic rings. The van der Waals surface area contributed by atoms with Crippen LogP contribution in [0.5, 0.6) is 0 Å². The summed E-state index contributed by atoms with van der Waals surface area (Å²) in [7, 11) is -0.368. The Labute approximate surface area is 156 Å². The first kappa shape index (κ1) is 19.4. The summed E-state index contributed by atoms with van der Waals surface area (Å²) in [6.45, 7) is 5.55. The molecule has 2 fully saturated rings. The highest BCUT2D eigenvalue weighted by Crippen LogP contribution is 2.31. The maximum absolute atomic E-state index is 13.1. The van der Waals surface area contributed by atoms with Gasteiger partial charge in [0.05, 0.1) is 0 Å². The van der Waals surface area contributed by atoms with Crippen LogP contribution in [0.1, 0.15) is 50.0 Å². The van der Waals surface area contributed by atoms with Crippen molar-refractivity contribution < 1.29 is 13.2 Å². The fraction of sp³-hybridized carbons (Fsp3) is 0.722. The maximum atomic E-state index is 13.1. The summed E-state index contributed by atoms with van der Waals surface area (Å²) in [4.78, 5) is 14.6. The van der Waals surface area contributed by atoms with Crippen molar-refractivity contribution in [2.24, 2.45) is 7.05 Å². The molecular weight excluding hydrogens is 352 g/mol. The molecule has 3 unspecified atom stereocenters. The molecule has 3 heterocycles. The van der Waals surface area contributed by atoms with Crippen LogP contribution in [0.2, 0.25) is 0 Å². The number of piperidine rings is 1. The number of aryl methyl sites for hydroxylation is 1. The summed E-state index contributed by atoms with van der Waals surface area (Å²) in [5.74, 6) is -0.287. The first-order valence-electron chi connectivity index (χ1n) is 9.41. The molecule has 1 amide bonds. The highest BCUT2D eigenvalue weighted by atomic mass is 32.2. The Bertz CT molecular complexity index is 763. The normalized spacial score (nSPS) is 28.4. The van der Waals surface area contributed by atoms with E-state index in [2.05, 4.69) is 24.1 Å². The fourth-order valence-corrected chi connectivity index (χ4v) is 6.08. The lowest BCUT2D eigenvalue weighted by Gasteiger charge is -2.40. The van der Waals surface area contributed by atoms with E-state index in [0.29, 0.717) is 30.9 Å². The monoisotopic (exact) mass is 382 g/mol. The minimum atomic E-state index is -3.60. The second kappa shape index (κ2) is 7.32. The van der Waals surface area contributed by atoms with E-state index in [0.717, 1.165) is 12.8 Å². The van der Waals surface area contributed by atoms with E-state index in [1.165, 1.54) is 32.2 Å². The summed E-state index contributed by atoms with van der Waals surface area (Å²) < 4.78 is 29.5. The van der Waals surface area contributed by atoms with Crippen molar-refractivity contribution in [3.05, 3.63) is 18.0 Å². The highest BCUT2D eigenvalue weighted by molar-refractivity contribution is 7.89. The average molecular weight is 383 g/mol. The Kier molecular flexibility index (Phi) is 5.46. The van der Waals surface area contributed by atoms with E-state index < -0.39 is 10.0 Å². The van der Waals surface area contributed by atoms with Gasteiger partial charge in [-0.05, 0) is 45.6 Å². The summed E-state index contributed by atoms with van der Waals surface area (Å²) in [5.41, 5.74) is 0.349. The molecule has 0 radical (unpaired) electrons. The summed E-state index contributed by atoms with van der Waals surface area (Å²) >= 11 is 0. The van der Waals surface area contributed by atoms with Crippen LogP contribution < -0.4 is 5.32 Å². The molecule has 1 aromatic heterocycles. The summed E-state index contributed by atoms with van der Waals surface area (Å²) in [6, 6.07) is 2.76. The Morgan fingerprint density at radius 2 is 1.85 bits per heavy atom. The zero-order valence-electron chi connectivity index (χ0n) is 16.1. The Balaban J connectivity index is 1.82. The van der Waals surface area contributed by atoms with E-state index in [-0.39, 0.29) is 16.8 Å². The van der Waals surface area contributed by atoms with Crippen LogP contribution in [0.4, 0.5) is 0 Å². The van der Waals surface area contributed by atoms with Gasteiger partial charge in [-0.25, -0.2) is 8.42 Å². The molecule has 0 aliphatic carbocycles. The molecule has 2 aliphatic heterocycles. The molecular formula is C18H30N4O3S. The van der Waals surface area contributed by atoms with E-state index in [1.807, 2.05) is 0 Å². The number of nitrogens with one attached hydrogen (secondary N) is 1. The van der Waals surface area contributed by atoms with Crippen LogP contribution >= 0.6 is 0 Å².